The van der Waals surface area contributed by atoms with Gasteiger partial charge in [0.05, 0.1) is 50.2 Å². The Balaban J connectivity index is 0.000000272. The van der Waals surface area contributed by atoms with E-state index in [0.29, 0.717) is 86.9 Å². The summed E-state index contributed by atoms with van der Waals surface area (Å²) in [5.41, 5.74) is 18.1. The van der Waals surface area contributed by atoms with E-state index in [1.54, 1.807) is 45.1 Å². The number of methoxy groups -OCH3 is 3. The maximum atomic E-state index is 13.1. The van der Waals surface area contributed by atoms with Gasteiger partial charge in [-0.05, 0) is 206 Å². The molecule has 116 heavy (non-hydrogen) atoms. The highest BCUT2D eigenvalue weighted by molar-refractivity contribution is 9.10. The van der Waals surface area contributed by atoms with Crippen LogP contribution in [0.25, 0.3) is 21.9 Å². The number of pyridine rings is 2. The molecule has 0 unspecified atom stereocenters. The van der Waals surface area contributed by atoms with Gasteiger partial charge in [0, 0.05) is 88.2 Å². The first-order valence-electron chi connectivity index (χ1n) is 40.2. The monoisotopic (exact) mass is 1680 g/mol. The average molecular weight is 1680 g/mol. The van der Waals surface area contributed by atoms with E-state index in [9.17, 15) is 4.39 Å². The van der Waals surface area contributed by atoms with Gasteiger partial charge in [0.15, 0.2) is 11.6 Å². The van der Waals surface area contributed by atoms with E-state index in [2.05, 4.69) is 260 Å². The van der Waals surface area contributed by atoms with Gasteiger partial charge in [0.25, 0.3) is 0 Å². The third-order valence-corrected chi connectivity index (χ3v) is 19.3. The van der Waals surface area contributed by atoms with Crippen LogP contribution in [-0.2, 0) is 11.8 Å². The van der Waals surface area contributed by atoms with Crippen molar-refractivity contribution in [1.29, 1.82) is 0 Å². The van der Waals surface area contributed by atoms with E-state index in [4.69, 9.17) is 42.1 Å². The summed E-state index contributed by atoms with van der Waals surface area (Å²) in [4.78, 5) is 41.3. The highest BCUT2D eigenvalue weighted by atomic mass is 79.9. The van der Waals surface area contributed by atoms with Gasteiger partial charge in [-0.15, -0.1) is 0 Å². The second-order valence-corrected chi connectivity index (χ2v) is 34.0. The van der Waals surface area contributed by atoms with E-state index in [-0.39, 0.29) is 11.2 Å². The van der Waals surface area contributed by atoms with Gasteiger partial charge < -0.3 is 18.9 Å². The minimum atomic E-state index is -0.288. The van der Waals surface area contributed by atoms with Crippen LogP contribution in [0, 0.1) is 12.7 Å². The van der Waals surface area contributed by atoms with Gasteiger partial charge in [0.1, 0.15) is 17.9 Å². The fourth-order valence-corrected chi connectivity index (χ4v) is 11.5. The summed E-state index contributed by atoms with van der Waals surface area (Å²) >= 11 is 15.2. The third kappa shape index (κ3) is 36.0. The van der Waals surface area contributed by atoms with Crippen LogP contribution < -0.4 is 18.9 Å². The highest BCUT2D eigenvalue weighted by Crippen LogP contribution is 2.32. The molecule has 1 aliphatic heterocycles. The quantitative estimate of drug-likeness (QED) is 0.107. The molecule has 14 nitrogen and oxygen atoms in total. The molecule has 0 aliphatic carbocycles. The van der Waals surface area contributed by atoms with Crippen molar-refractivity contribution in [1.82, 2.24) is 49.8 Å². The van der Waals surface area contributed by atoms with E-state index >= 15 is 0 Å². The van der Waals surface area contributed by atoms with Crippen LogP contribution in [0.2, 0.25) is 10.0 Å². The molecule has 0 amide bonds. The maximum absolute atomic E-state index is 13.1. The summed E-state index contributed by atoms with van der Waals surface area (Å²) in [7, 11) is 4.65. The number of aromatic nitrogens is 10. The summed E-state index contributed by atoms with van der Waals surface area (Å²) in [6, 6.07) is 46.7. The number of aryl methyl sites for hydroxylation is 1. The Labute approximate surface area is 712 Å². The highest BCUT2D eigenvalue weighted by Gasteiger charge is 2.17. The van der Waals surface area contributed by atoms with Crippen molar-refractivity contribution in [2.45, 2.75) is 237 Å². The molecule has 6 aromatic carbocycles. The average Bonchev–Trinajstić information content (AvgIpc) is 1.03. The number of nitrogens with zero attached hydrogens (tertiary/aromatic N) is 10. The second kappa shape index (κ2) is 51.0. The first-order chi connectivity index (χ1) is 54.8. The zero-order chi connectivity index (χ0) is 86.4. The predicted octanol–water partition coefficient (Wildman–Crippen LogP) is 28.1. The summed E-state index contributed by atoms with van der Waals surface area (Å²) in [5.74, 6) is 7.71. The van der Waals surface area contributed by atoms with Gasteiger partial charge in [-0.1, -0.05) is 259 Å². The number of fused-ring (bicyclic) bond motifs is 3. The van der Waals surface area contributed by atoms with Crippen LogP contribution in [0.4, 0.5) is 4.39 Å². The molecule has 1 aliphatic rings. The molecule has 0 N–H and O–H groups in total. The van der Waals surface area contributed by atoms with Crippen LogP contribution in [0.5, 0.6) is 23.4 Å². The van der Waals surface area contributed by atoms with Crippen molar-refractivity contribution in [2.75, 3.05) is 27.9 Å². The van der Waals surface area contributed by atoms with Gasteiger partial charge in [0.2, 0.25) is 5.88 Å². The van der Waals surface area contributed by atoms with Gasteiger partial charge >= 0.3 is 6.01 Å². The fraction of sp³-hybridized carbons (Fsp3) is 0.408. The molecular weight excluding hydrogens is 1550 g/mol. The lowest BCUT2D eigenvalue weighted by molar-refractivity contribution is 0.356. The minimum Gasteiger partial charge on any atom is -0.494 e. The van der Waals surface area contributed by atoms with Crippen molar-refractivity contribution in [3.63, 3.8) is 0 Å². The maximum Gasteiger partial charge on any atom is 0.316 e. The topological polar surface area (TPSA) is 166 Å². The summed E-state index contributed by atoms with van der Waals surface area (Å²) in [6.45, 7) is 52.3. The first-order valence-corrected chi connectivity index (χ1v) is 41.7. The van der Waals surface area contributed by atoms with Crippen molar-refractivity contribution in [3.8, 4) is 23.4 Å². The SMILES string of the molecule is CC(C)c1cc(Br)cc(C(C)(C)C)c1.CC(C)c1cc(Cl)cc(Cl)c1.CC(C)c1ccc2c(c1)OCC2.CC(C)c1cnc2ccccc2c1.CC(C)c1cnc2ccccc2n1.CC(C)c1cncnc1.COc1ccc(C(C)C)cc1F.COc1ccc(C(C)C)cn1.COc1ncc(C(C)C)cn1.Cc1ncc(C(C)C)cn1. The molecule has 0 saturated carbocycles. The minimum absolute atomic E-state index is 0.230. The Morgan fingerprint density at radius 3 is 1.35 bits per heavy atom. The molecule has 0 bridgehead atoms. The number of rotatable bonds is 13. The van der Waals surface area contributed by atoms with Gasteiger partial charge in [-0.25, -0.2) is 44.3 Å². The van der Waals surface area contributed by atoms with E-state index in [1.165, 1.54) is 73.1 Å². The standard InChI is InChI=1S/C13H19Br.C12H13N.C11H12N2.C11H14O.C10H13FO.C9H10Cl2.C9H13NO.C8H12N2O.C8H12N2.C7H10N2/c1-9(2)10-6-11(13(3,4)5)8-12(14)7-10;1-9(2)11-7-10-5-3-4-6-12(10)13-8-11;1-8(2)11-7-12-9-5-3-4-6-10(9)13-11;1-8(2)10-4-3-9-5-6-12-11(9)7-10;1-7(2)8-4-5-10(12-3)9(11)6-8;1-6(2)7-3-8(10)5-9(11)4-7;1-7(2)8-4-5-9(11-3)10-6-8;1-6(2)7-4-9-8(11-3)10-5-7;1-6(2)8-4-9-7(3)10-5-8;1-6(2)7-3-8-5-9-4-7/h6-9H,1-5H3;3-9H,1-2H3;3-8H,1-2H3;3-4,7-8H,5-6H2,1-2H3;4-7H,1-3H3;3-6H,1-2H3;4-7H,1-3H3;4-6H,1-3H3;4-6H,1-3H3;3-6H,1-2H3. The molecule has 13 rings (SSSR count). The van der Waals surface area contributed by atoms with Crippen LogP contribution in [0.15, 0.2) is 206 Å². The second-order valence-electron chi connectivity index (χ2n) is 32.2. The molecule has 0 fully saturated rings. The molecule has 0 spiro atoms. The zero-order valence-electron chi connectivity index (χ0n) is 73.9. The Morgan fingerprint density at radius 2 is 0.871 bits per heavy atom. The number of hydrogen-bond donors (Lipinski definition) is 0. The van der Waals surface area contributed by atoms with Crippen LogP contribution in [0.1, 0.15) is 291 Å². The van der Waals surface area contributed by atoms with Gasteiger partial charge in [-0.3, -0.25) is 9.97 Å². The summed E-state index contributed by atoms with van der Waals surface area (Å²) in [6.07, 6.45) is 19.3. The molecule has 12 aromatic rings. The predicted molar refractivity (Wildman–Crippen MR) is 488 cm³/mol. The van der Waals surface area contributed by atoms with Crippen molar-refractivity contribution < 1.29 is 23.3 Å². The Morgan fingerprint density at radius 1 is 0.405 bits per heavy atom. The van der Waals surface area contributed by atoms with E-state index < -0.39 is 0 Å². The molecular formula is C98H128BrCl2FN10O4. The molecule has 622 valence electrons. The normalized spacial score (nSPS) is 11.1. The van der Waals surface area contributed by atoms with Crippen LogP contribution in [-0.4, -0.2) is 77.8 Å². The fourth-order valence-electron chi connectivity index (χ4n) is 10.4. The zero-order valence-corrected chi connectivity index (χ0v) is 77.0. The molecule has 6 aromatic heterocycles. The molecule has 0 radical (unpaired) electrons. The van der Waals surface area contributed by atoms with Crippen LogP contribution >= 0.6 is 39.1 Å². The number of hydrogen-bond acceptors (Lipinski definition) is 14. The van der Waals surface area contributed by atoms with Crippen molar-refractivity contribution in [3.05, 3.63) is 295 Å². The third-order valence-electron chi connectivity index (χ3n) is 18.4. The number of para-hydroxylation sites is 3. The molecule has 0 saturated heterocycles. The summed E-state index contributed by atoms with van der Waals surface area (Å²) in [5, 5.41) is 2.65. The Bertz CT molecular complexity index is 4630. The first kappa shape index (κ1) is 99.0. The summed E-state index contributed by atoms with van der Waals surface area (Å²) < 4.78 is 34.3. The molecule has 0 atom stereocenters. The number of halogens is 4. The van der Waals surface area contributed by atoms with E-state index in [1.807, 2.05) is 137 Å². The Kier molecular flexibility index (Phi) is 43.5. The van der Waals surface area contributed by atoms with Crippen LogP contribution in [0.3, 0.4) is 0 Å². The number of benzene rings is 6. The largest absolute Gasteiger partial charge is 0.494 e. The molecule has 7 heterocycles. The lowest BCUT2D eigenvalue weighted by Gasteiger charge is -2.21. The van der Waals surface area contributed by atoms with E-state index in [0.717, 1.165) is 58.0 Å². The lowest BCUT2D eigenvalue weighted by Crippen LogP contribution is -2.11. The van der Waals surface area contributed by atoms with Gasteiger partial charge in [-0.2, -0.15) is 0 Å². The smallest absolute Gasteiger partial charge is 0.316 e. The lowest BCUT2D eigenvalue weighted by atomic mass is 9.85. The van der Waals surface area contributed by atoms with Crippen molar-refractivity contribution >= 4 is 61.1 Å². The Hall–Kier alpha value is -9.35. The van der Waals surface area contributed by atoms with Crippen molar-refractivity contribution in [2.24, 2.45) is 0 Å². The molecule has 18 heteroatoms. The number of ether oxygens (including phenoxy) is 4.